The minimum Gasteiger partial charge on any atom is -0.504 e. The monoisotopic (exact) mass is 180 g/mol. The molecule has 60 valence electrons. The number of hydrogen-bond acceptors (Lipinski definition) is 4. The first-order chi connectivity index (χ1) is 5.70. The first-order valence-electron chi connectivity index (χ1n) is 3.27. The van der Waals surface area contributed by atoms with Gasteiger partial charge in [0.2, 0.25) is 5.78 Å². The fourth-order valence-corrected chi connectivity index (χ4v) is 1.88. The summed E-state index contributed by atoms with van der Waals surface area (Å²) in [5.41, 5.74) is 0.310. The number of carbonyl (C=O) groups is 2. The van der Waals surface area contributed by atoms with Gasteiger partial charge in [-0.15, -0.1) is 11.3 Å². The molecule has 3 nitrogen and oxygen atoms in total. The molecule has 1 aliphatic rings. The van der Waals surface area contributed by atoms with E-state index in [2.05, 4.69) is 0 Å². The Hall–Kier alpha value is -1.42. The number of hydrogen-bond donors (Lipinski definition) is 1. The summed E-state index contributed by atoms with van der Waals surface area (Å²) in [5.74, 6) is -1.23. The second-order valence-corrected chi connectivity index (χ2v) is 3.30. The van der Waals surface area contributed by atoms with Gasteiger partial charge in [0.05, 0.1) is 4.88 Å². The Labute approximate surface area is 72.0 Å². The average molecular weight is 180 g/mol. The van der Waals surface area contributed by atoms with E-state index in [1.807, 2.05) is 0 Å². The normalized spacial score (nSPS) is 15.8. The Morgan fingerprint density at radius 1 is 1.33 bits per heavy atom. The van der Waals surface area contributed by atoms with E-state index in [4.69, 9.17) is 5.11 Å². The third-order valence-electron chi connectivity index (χ3n) is 1.63. The quantitative estimate of drug-likeness (QED) is 0.659. The second-order valence-electron chi connectivity index (χ2n) is 2.39. The molecule has 0 aliphatic heterocycles. The van der Waals surface area contributed by atoms with Crippen LogP contribution in [0.2, 0.25) is 0 Å². The largest absolute Gasteiger partial charge is 0.504 e. The van der Waals surface area contributed by atoms with Crippen molar-refractivity contribution in [1.29, 1.82) is 0 Å². The molecule has 0 saturated heterocycles. The van der Waals surface area contributed by atoms with Gasteiger partial charge >= 0.3 is 0 Å². The van der Waals surface area contributed by atoms with Crippen molar-refractivity contribution in [3.05, 3.63) is 33.7 Å². The van der Waals surface area contributed by atoms with Gasteiger partial charge in [0.15, 0.2) is 11.5 Å². The molecule has 0 radical (unpaired) electrons. The standard InChI is InChI=1S/C8H4O3S/c9-5-3-6(10)8-4(7(5)11)1-2-12-8/h1-3,9H. The number of ketones is 2. The molecule has 12 heavy (non-hydrogen) atoms. The van der Waals surface area contributed by atoms with E-state index in [1.54, 1.807) is 11.4 Å². The van der Waals surface area contributed by atoms with Crippen molar-refractivity contribution in [3.63, 3.8) is 0 Å². The van der Waals surface area contributed by atoms with Gasteiger partial charge in [0, 0.05) is 11.6 Å². The zero-order chi connectivity index (χ0) is 8.72. The van der Waals surface area contributed by atoms with E-state index >= 15 is 0 Å². The van der Waals surface area contributed by atoms with Crippen molar-refractivity contribution in [3.8, 4) is 0 Å². The summed E-state index contributed by atoms with van der Waals surface area (Å²) >= 11 is 1.21. The number of Topliss-reactive ketones (excluding diaryl/α,β-unsaturated/α-hetero) is 1. The van der Waals surface area contributed by atoms with Crippen molar-refractivity contribution in [2.75, 3.05) is 0 Å². The summed E-state index contributed by atoms with van der Waals surface area (Å²) in [6.45, 7) is 0. The fraction of sp³-hybridized carbons (Fsp3) is 0. The minimum atomic E-state index is -0.467. The Kier molecular flexibility index (Phi) is 1.38. The number of aliphatic hydroxyl groups is 1. The molecule has 1 aromatic heterocycles. The molecule has 0 spiro atoms. The van der Waals surface area contributed by atoms with Gasteiger partial charge in [-0.25, -0.2) is 0 Å². The zero-order valence-corrected chi connectivity index (χ0v) is 6.72. The Bertz CT molecular complexity index is 400. The van der Waals surface area contributed by atoms with Crippen LogP contribution < -0.4 is 0 Å². The summed E-state index contributed by atoms with van der Waals surface area (Å²) in [6, 6.07) is 1.55. The topological polar surface area (TPSA) is 54.4 Å². The molecule has 1 N–H and O–H groups in total. The SMILES string of the molecule is O=C1C(O)=CC(=O)c2sccc21. The highest BCUT2D eigenvalue weighted by molar-refractivity contribution is 7.12. The molecule has 4 heteroatoms. The van der Waals surface area contributed by atoms with E-state index in [-0.39, 0.29) is 5.78 Å². The number of thiophene rings is 1. The maximum atomic E-state index is 11.2. The molecule has 0 aromatic carbocycles. The number of fused-ring (bicyclic) bond motifs is 1. The third kappa shape index (κ3) is 0.816. The van der Waals surface area contributed by atoms with Crippen LogP contribution in [0.3, 0.4) is 0 Å². The summed E-state index contributed by atoms with van der Waals surface area (Å²) in [5, 5.41) is 10.7. The van der Waals surface area contributed by atoms with Gasteiger partial charge in [-0.2, -0.15) is 0 Å². The molecule has 0 bridgehead atoms. The van der Waals surface area contributed by atoms with E-state index in [0.29, 0.717) is 10.4 Å². The molecule has 0 amide bonds. The Balaban J connectivity index is 2.67. The molecule has 0 saturated carbocycles. The lowest BCUT2D eigenvalue weighted by atomic mass is 10.0. The van der Waals surface area contributed by atoms with Crippen LogP contribution in [0, 0.1) is 0 Å². The minimum absolute atomic E-state index is 0.294. The van der Waals surface area contributed by atoms with Gasteiger partial charge in [-0.3, -0.25) is 9.59 Å². The van der Waals surface area contributed by atoms with E-state index in [9.17, 15) is 9.59 Å². The summed E-state index contributed by atoms with van der Waals surface area (Å²) in [6.07, 6.45) is 0.959. The van der Waals surface area contributed by atoms with Crippen LogP contribution in [-0.2, 0) is 0 Å². The molecule has 1 heterocycles. The second kappa shape index (κ2) is 2.28. The van der Waals surface area contributed by atoms with Crippen molar-refractivity contribution in [2.24, 2.45) is 0 Å². The lowest BCUT2D eigenvalue weighted by Gasteiger charge is -2.04. The molecule has 1 aliphatic carbocycles. The Morgan fingerprint density at radius 3 is 2.83 bits per heavy atom. The number of carbonyl (C=O) groups excluding carboxylic acids is 2. The van der Waals surface area contributed by atoms with Crippen LogP contribution in [0.1, 0.15) is 20.0 Å². The lowest BCUT2D eigenvalue weighted by molar-refractivity contribution is 0.0942. The predicted octanol–water partition coefficient (Wildman–Crippen LogP) is 1.57. The van der Waals surface area contributed by atoms with E-state index in [0.717, 1.165) is 6.08 Å². The van der Waals surface area contributed by atoms with Gasteiger partial charge in [-0.1, -0.05) is 0 Å². The smallest absolute Gasteiger partial charge is 0.229 e. The molecule has 2 rings (SSSR count). The molecular formula is C8H4O3S. The number of rotatable bonds is 0. The van der Waals surface area contributed by atoms with Crippen LogP contribution in [0.25, 0.3) is 0 Å². The van der Waals surface area contributed by atoms with Gasteiger partial charge in [-0.05, 0) is 11.4 Å². The molecule has 0 unspecified atom stereocenters. The van der Waals surface area contributed by atoms with E-state index < -0.39 is 11.5 Å². The van der Waals surface area contributed by atoms with Crippen molar-refractivity contribution in [1.82, 2.24) is 0 Å². The highest BCUT2D eigenvalue weighted by Gasteiger charge is 2.25. The first-order valence-corrected chi connectivity index (χ1v) is 4.15. The van der Waals surface area contributed by atoms with Crippen LogP contribution in [-0.4, -0.2) is 16.7 Å². The highest BCUT2D eigenvalue weighted by Crippen LogP contribution is 2.24. The zero-order valence-electron chi connectivity index (χ0n) is 5.90. The summed E-state index contributed by atoms with van der Waals surface area (Å²) < 4.78 is 0. The van der Waals surface area contributed by atoms with Crippen LogP contribution in [0.15, 0.2) is 23.3 Å². The van der Waals surface area contributed by atoms with Crippen molar-refractivity contribution >= 4 is 22.9 Å². The third-order valence-corrected chi connectivity index (χ3v) is 2.56. The van der Waals surface area contributed by atoms with E-state index in [1.165, 1.54) is 11.3 Å². The van der Waals surface area contributed by atoms with Crippen LogP contribution in [0.5, 0.6) is 0 Å². The summed E-state index contributed by atoms with van der Waals surface area (Å²) in [7, 11) is 0. The first kappa shape index (κ1) is 7.24. The summed E-state index contributed by atoms with van der Waals surface area (Å²) in [4.78, 5) is 22.7. The number of allylic oxidation sites excluding steroid dienone is 2. The van der Waals surface area contributed by atoms with Crippen molar-refractivity contribution in [2.45, 2.75) is 0 Å². The Morgan fingerprint density at radius 2 is 2.08 bits per heavy atom. The molecule has 0 atom stereocenters. The lowest BCUT2D eigenvalue weighted by Crippen LogP contribution is -2.13. The van der Waals surface area contributed by atoms with Gasteiger partial charge in [0.1, 0.15) is 0 Å². The predicted molar refractivity (Wildman–Crippen MR) is 43.7 cm³/mol. The van der Waals surface area contributed by atoms with Crippen LogP contribution in [0.4, 0.5) is 0 Å². The molecule has 1 aromatic rings. The highest BCUT2D eigenvalue weighted by atomic mass is 32.1. The van der Waals surface area contributed by atoms with Gasteiger partial charge < -0.3 is 5.11 Å². The van der Waals surface area contributed by atoms with Crippen molar-refractivity contribution < 1.29 is 14.7 Å². The fourth-order valence-electron chi connectivity index (χ4n) is 1.07. The molecule has 0 fully saturated rings. The maximum Gasteiger partial charge on any atom is 0.229 e. The molecular weight excluding hydrogens is 176 g/mol. The van der Waals surface area contributed by atoms with Gasteiger partial charge in [0.25, 0.3) is 0 Å². The van der Waals surface area contributed by atoms with Crippen LogP contribution >= 0.6 is 11.3 Å². The number of aliphatic hydroxyl groups excluding tert-OH is 1. The average Bonchev–Trinajstić information content (AvgIpc) is 2.48. The maximum absolute atomic E-state index is 11.2.